The zero-order chi connectivity index (χ0) is 12.7. The molecule has 0 spiro atoms. The van der Waals surface area contributed by atoms with Crippen molar-refractivity contribution in [1.82, 2.24) is 0 Å². The Morgan fingerprint density at radius 3 is 2.71 bits per heavy atom. The molecule has 0 saturated heterocycles. The fourth-order valence-electron chi connectivity index (χ4n) is 1.28. The van der Waals surface area contributed by atoms with E-state index in [2.05, 4.69) is 29.8 Å². The molecule has 96 valence electrons. The molecule has 4 heteroatoms. The average Bonchev–Trinajstić information content (AvgIpc) is 2.30. The molecule has 17 heavy (non-hydrogen) atoms. The Labute approximate surface area is 116 Å². The summed E-state index contributed by atoms with van der Waals surface area (Å²) in [4.78, 5) is 0. The highest BCUT2D eigenvalue weighted by Gasteiger charge is 2.01. The molecule has 0 unspecified atom stereocenters. The lowest BCUT2D eigenvalue weighted by molar-refractivity contribution is 0.0819. The van der Waals surface area contributed by atoms with Crippen LogP contribution in [-0.4, -0.2) is 19.8 Å². The summed E-state index contributed by atoms with van der Waals surface area (Å²) in [5, 5.41) is 0. The maximum Gasteiger partial charge on any atom is 0.119 e. The summed E-state index contributed by atoms with van der Waals surface area (Å²) in [6.45, 7) is 6.21. The Kier molecular flexibility index (Phi) is 6.93. The molecule has 1 aromatic rings. The van der Waals surface area contributed by atoms with Gasteiger partial charge in [-0.1, -0.05) is 29.8 Å². The largest absolute Gasteiger partial charge is 0.491 e. The van der Waals surface area contributed by atoms with Crippen LogP contribution < -0.4 is 4.74 Å². The van der Waals surface area contributed by atoms with Gasteiger partial charge in [-0.15, -0.1) is 11.6 Å². The quantitative estimate of drug-likeness (QED) is 0.552. The summed E-state index contributed by atoms with van der Waals surface area (Å²) in [5.41, 5.74) is 1.03. The average molecular weight is 322 g/mol. The third-order valence-electron chi connectivity index (χ3n) is 2.11. The smallest absolute Gasteiger partial charge is 0.119 e. The van der Waals surface area contributed by atoms with E-state index in [0.29, 0.717) is 25.0 Å². The molecule has 0 aliphatic heterocycles. The number of rotatable bonds is 7. The van der Waals surface area contributed by atoms with Gasteiger partial charge >= 0.3 is 0 Å². The Balaban J connectivity index is 2.32. The van der Waals surface area contributed by atoms with Crippen LogP contribution in [-0.2, 0) is 10.6 Å². The molecule has 0 fully saturated rings. The topological polar surface area (TPSA) is 18.5 Å². The van der Waals surface area contributed by atoms with Crippen LogP contribution in [0.1, 0.15) is 19.4 Å². The van der Waals surface area contributed by atoms with Crippen molar-refractivity contribution in [1.29, 1.82) is 0 Å². The van der Waals surface area contributed by atoms with Gasteiger partial charge in [-0.05, 0) is 29.7 Å². The lowest BCUT2D eigenvalue weighted by Gasteiger charge is -2.10. The molecule has 0 saturated carbocycles. The van der Waals surface area contributed by atoms with Gasteiger partial charge in [0.1, 0.15) is 12.4 Å². The summed E-state index contributed by atoms with van der Waals surface area (Å²) in [6.07, 6.45) is 0. The van der Waals surface area contributed by atoms with Crippen molar-refractivity contribution >= 4 is 27.5 Å². The SMILES string of the molecule is CC(C)COCCOc1ccc(Br)c(CCl)c1. The molecule has 2 nitrogen and oxygen atoms in total. The van der Waals surface area contributed by atoms with Gasteiger partial charge < -0.3 is 9.47 Å². The van der Waals surface area contributed by atoms with E-state index >= 15 is 0 Å². The minimum atomic E-state index is 0.474. The van der Waals surface area contributed by atoms with Crippen LogP contribution in [0.2, 0.25) is 0 Å². The van der Waals surface area contributed by atoms with Gasteiger partial charge in [-0.3, -0.25) is 0 Å². The predicted octanol–water partition coefficient (Wildman–Crippen LogP) is 4.24. The first-order valence-corrected chi connectivity index (χ1v) is 7.01. The molecule has 0 aromatic heterocycles. The van der Waals surface area contributed by atoms with E-state index in [1.54, 1.807) is 0 Å². The van der Waals surface area contributed by atoms with E-state index in [4.69, 9.17) is 21.1 Å². The Morgan fingerprint density at radius 1 is 1.29 bits per heavy atom. The second kappa shape index (κ2) is 7.96. The molecule has 0 aliphatic carbocycles. The first kappa shape index (κ1) is 14.8. The number of halogens is 2. The molecule has 1 aromatic carbocycles. The standard InChI is InChI=1S/C13H18BrClO2/c1-10(2)9-16-5-6-17-12-3-4-13(14)11(7-12)8-15/h3-4,7,10H,5-6,8-9H2,1-2H3. The second-order valence-electron chi connectivity index (χ2n) is 4.20. The number of hydrogen-bond acceptors (Lipinski definition) is 2. The number of alkyl halides is 1. The lowest BCUT2D eigenvalue weighted by Crippen LogP contribution is -2.10. The maximum absolute atomic E-state index is 5.81. The van der Waals surface area contributed by atoms with Crippen molar-refractivity contribution in [3.8, 4) is 5.75 Å². The normalized spacial score (nSPS) is 10.9. The Hall–Kier alpha value is -0.250. The van der Waals surface area contributed by atoms with Crippen LogP contribution in [0.25, 0.3) is 0 Å². The number of ether oxygens (including phenoxy) is 2. The van der Waals surface area contributed by atoms with Crippen molar-refractivity contribution in [2.45, 2.75) is 19.7 Å². The Bertz CT molecular complexity index is 342. The first-order valence-electron chi connectivity index (χ1n) is 5.68. The zero-order valence-corrected chi connectivity index (χ0v) is 12.6. The highest BCUT2D eigenvalue weighted by molar-refractivity contribution is 9.10. The van der Waals surface area contributed by atoms with E-state index in [1.807, 2.05) is 18.2 Å². The molecule has 0 heterocycles. The highest BCUT2D eigenvalue weighted by Crippen LogP contribution is 2.23. The minimum Gasteiger partial charge on any atom is -0.491 e. The third-order valence-corrected chi connectivity index (χ3v) is 3.17. The van der Waals surface area contributed by atoms with E-state index < -0.39 is 0 Å². The van der Waals surface area contributed by atoms with E-state index in [1.165, 1.54) is 0 Å². The van der Waals surface area contributed by atoms with Crippen LogP contribution in [0.15, 0.2) is 22.7 Å². The molecule has 0 N–H and O–H groups in total. The van der Waals surface area contributed by atoms with Gasteiger partial charge in [0.05, 0.1) is 6.61 Å². The molecule has 0 radical (unpaired) electrons. The van der Waals surface area contributed by atoms with Gasteiger partial charge in [-0.2, -0.15) is 0 Å². The predicted molar refractivity (Wildman–Crippen MR) is 74.9 cm³/mol. The number of hydrogen-bond donors (Lipinski definition) is 0. The summed E-state index contributed by atoms with van der Waals surface area (Å²) in [5.74, 6) is 1.87. The fourth-order valence-corrected chi connectivity index (χ4v) is 2.05. The second-order valence-corrected chi connectivity index (χ2v) is 5.33. The minimum absolute atomic E-state index is 0.474. The summed E-state index contributed by atoms with van der Waals surface area (Å²) >= 11 is 9.25. The summed E-state index contributed by atoms with van der Waals surface area (Å²) in [6, 6.07) is 5.81. The Morgan fingerprint density at radius 2 is 2.06 bits per heavy atom. The first-order chi connectivity index (χ1) is 8.13. The maximum atomic E-state index is 5.81. The molecule has 0 amide bonds. The van der Waals surface area contributed by atoms with Crippen molar-refractivity contribution in [3.63, 3.8) is 0 Å². The zero-order valence-electron chi connectivity index (χ0n) is 10.2. The molecule has 0 aliphatic rings. The van der Waals surface area contributed by atoms with Gasteiger partial charge in [0, 0.05) is 17.0 Å². The molecular formula is C13H18BrClO2. The number of benzene rings is 1. The fraction of sp³-hybridized carbons (Fsp3) is 0.538. The summed E-state index contributed by atoms with van der Waals surface area (Å²) < 4.78 is 12.0. The van der Waals surface area contributed by atoms with Crippen LogP contribution in [0, 0.1) is 5.92 Å². The van der Waals surface area contributed by atoms with Crippen LogP contribution in [0.5, 0.6) is 5.75 Å². The summed E-state index contributed by atoms with van der Waals surface area (Å²) in [7, 11) is 0. The van der Waals surface area contributed by atoms with Crippen LogP contribution in [0.4, 0.5) is 0 Å². The van der Waals surface area contributed by atoms with Gasteiger partial charge in [0.25, 0.3) is 0 Å². The van der Waals surface area contributed by atoms with Gasteiger partial charge in [-0.25, -0.2) is 0 Å². The lowest BCUT2D eigenvalue weighted by atomic mass is 10.2. The van der Waals surface area contributed by atoms with Gasteiger partial charge in [0.15, 0.2) is 0 Å². The third kappa shape index (κ3) is 5.75. The molecular weight excluding hydrogens is 303 g/mol. The molecule has 0 atom stereocenters. The monoisotopic (exact) mass is 320 g/mol. The van der Waals surface area contributed by atoms with E-state index in [-0.39, 0.29) is 0 Å². The molecule has 1 rings (SSSR count). The van der Waals surface area contributed by atoms with E-state index in [9.17, 15) is 0 Å². The van der Waals surface area contributed by atoms with E-state index in [0.717, 1.165) is 22.4 Å². The molecule has 0 bridgehead atoms. The van der Waals surface area contributed by atoms with Crippen molar-refractivity contribution in [2.24, 2.45) is 5.92 Å². The van der Waals surface area contributed by atoms with Crippen LogP contribution in [0.3, 0.4) is 0 Å². The highest BCUT2D eigenvalue weighted by atomic mass is 79.9. The van der Waals surface area contributed by atoms with Crippen molar-refractivity contribution in [3.05, 3.63) is 28.2 Å². The van der Waals surface area contributed by atoms with Gasteiger partial charge in [0.2, 0.25) is 0 Å². The van der Waals surface area contributed by atoms with Crippen molar-refractivity contribution < 1.29 is 9.47 Å². The van der Waals surface area contributed by atoms with Crippen molar-refractivity contribution in [2.75, 3.05) is 19.8 Å². The van der Waals surface area contributed by atoms with Crippen LogP contribution >= 0.6 is 27.5 Å².